The quantitative estimate of drug-likeness (QED) is 0.283. The first-order valence-corrected chi connectivity index (χ1v) is 5.02. The smallest absolute Gasteiger partial charge is 0.329 e. The Kier molecular flexibility index (Phi) is 6.66. The number of carbonyl (C=O) groups is 2. The molecule has 0 bridgehead atoms. The van der Waals surface area contributed by atoms with Gasteiger partial charge in [-0.15, -0.1) is 0 Å². The van der Waals surface area contributed by atoms with Crippen molar-refractivity contribution in [2.24, 2.45) is 0 Å². The van der Waals surface area contributed by atoms with Gasteiger partial charge in [0.15, 0.2) is 6.04 Å². The van der Waals surface area contributed by atoms with Crippen LogP contribution < -0.4 is 5.32 Å². The maximum atomic E-state index is 11.0. The van der Waals surface area contributed by atoms with Gasteiger partial charge in [0.1, 0.15) is 18.3 Å². The van der Waals surface area contributed by atoms with Crippen molar-refractivity contribution in [3.63, 3.8) is 0 Å². The lowest BCUT2D eigenvalue weighted by Crippen LogP contribution is -2.56. The number of amides is 1. The summed E-state index contributed by atoms with van der Waals surface area (Å²) in [4.78, 5) is 21.8. The van der Waals surface area contributed by atoms with Gasteiger partial charge >= 0.3 is 5.97 Å². The predicted molar refractivity (Wildman–Crippen MR) is 55.0 cm³/mol. The van der Waals surface area contributed by atoms with Crippen molar-refractivity contribution in [1.29, 1.82) is 0 Å². The standard InChI is InChI=1S/C9H17NO7/c1-2-5(13)10-6(9(16)17)8(15)7(14)4(12)3-11/h4,6-8,11-12,14-15H,2-3H2,1H3,(H,10,13)(H,16,17)/t4-,6+,7-,8-/m1/s1. The minimum atomic E-state index is -1.93. The van der Waals surface area contributed by atoms with Gasteiger partial charge in [0.05, 0.1) is 6.61 Å². The lowest BCUT2D eigenvalue weighted by Gasteiger charge is -2.26. The van der Waals surface area contributed by atoms with E-state index in [9.17, 15) is 19.8 Å². The molecule has 100 valence electrons. The van der Waals surface area contributed by atoms with Crippen LogP contribution in [0, 0.1) is 0 Å². The van der Waals surface area contributed by atoms with Gasteiger partial charge < -0.3 is 30.8 Å². The van der Waals surface area contributed by atoms with Gasteiger partial charge in [-0.05, 0) is 0 Å². The summed E-state index contributed by atoms with van der Waals surface area (Å²) in [5, 5.41) is 47.1. The van der Waals surface area contributed by atoms with Crippen LogP contribution >= 0.6 is 0 Å². The van der Waals surface area contributed by atoms with E-state index in [2.05, 4.69) is 0 Å². The molecule has 0 heterocycles. The molecule has 1 amide bonds. The van der Waals surface area contributed by atoms with Crippen LogP contribution in [0.4, 0.5) is 0 Å². The van der Waals surface area contributed by atoms with Crippen molar-refractivity contribution >= 4 is 11.9 Å². The maximum Gasteiger partial charge on any atom is 0.329 e. The van der Waals surface area contributed by atoms with Gasteiger partial charge in [0.2, 0.25) is 5.91 Å². The number of rotatable bonds is 7. The van der Waals surface area contributed by atoms with E-state index in [0.29, 0.717) is 0 Å². The molecule has 8 heteroatoms. The Balaban J connectivity index is 4.70. The van der Waals surface area contributed by atoms with E-state index in [1.165, 1.54) is 6.92 Å². The predicted octanol–water partition coefficient (Wildman–Crippen LogP) is -2.96. The summed E-state index contributed by atoms with van der Waals surface area (Å²) in [5.74, 6) is -2.18. The first-order valence-electron chi connectivity index (χ1n) is 5.02. The highest BCUT2D eigenvalue weighted by molar-refractivity contribution is 5.83. The molecular formula is C9H17NO7. The van der Waals surface area contributed by atoms with Gasteiger partial charge in [-0.2, -0.15) is 0 Å². The molecule has 0 aromatic heterocycles. The zero-order valence-electron chi connectivity index (χ0n) is 9.28. The molecular weight excluding hydrogens is 234 g/mol. The molecule has 0 rings (SSSR count). The number of aliphatic hydroxyl groups excluding tert-OH is 4. The Morgan fingerprint density at radius 2 is 1.71 bits per heavy atom. The normalized spacial score (nSPS) is 17.9. The van der Waals surface area contributed by atoms with E-state index >= 15 is 0 Å². The number of carboxylic acid groups (broad SMARTS) is 1. The van der Waals surface area contributed by atoms with Crippen molar-refractivity contribution < 1.29 is 35.1 Å². The van der Waals surface area contributed by atoms with E-state index in [-0.39, 0.29) is 6.42 Å². The summed E-state index contributed by atoms with van der Waals surface area (Å²) in [6, 6.07) is -1.75. The van der Waals surface area contributed by atoms with E-state index in [1.54, 1.807) is 0 Å². The van der Waals surface area contributed by atoms with Crippen molar-refractivity contribution in [3.05, 3.63) is 0 Å². The van der Waals surface area contributed by atoms with Crippen molar-refractivity contribution in [1.82, 2.24) is 5.32 Å². The van der Waals surface area contributed by atoms with Crippen LogP contribution in [0.1, 0.15) is 13.3 Å². The molecule has 0 fully saturated rings. The lowest BCUT2D eigenvalue weighted by atomic mass is 10.0. The number of hydrogen-bond donors (Lipinski definition) is 6. The topological polar surface area (TPSA) is 147 Å². The Morgan fingerprint density at radius 3 is 2.06 bits per heavy atom. The minimum Gasteiger partial charge on any atom is -0.480 e. The number of aliphatic carboxylic acids is 1. The number of carbonyl (C=O) groups excluding carboxylic acids is 1. The van der Waals surface area contributed by atoms with E-state index in [0.717, 1.165) is 0 Å². The Bertz CT molecular complexity index is 270. The maximum absolute atomic E-state index is 11.0. The van der Waals surface area contributed by atoms with Crippen LogP contribution in [0.25, 0.3) is 0 Å². The SMILES string of the molecule is CCC(=O)N[C@H](C(=O)O)[C@@H](O)[C@H](O)[C@H](O)CO. The zero-order chi connectivity index (χ0) is 13.6. The second kappa shape index (κ2) is 7.17. The minimum absolute atomic E-state index is 0.00908. The molecule has 0 aromatic rings. The number of aliphatic hydroxyl groups is 4. The highest BCUT2D eigenvalue weighted by atomic mass is 16.4. The second-order valence-corrected chi connectivity index (χ2v) is 3.47. The molecule has 8 nitrogen and oxygen atoms in total. The van der Waals surface area contributed by atoms with Crippen LogP contribution in [-0.2, 0) is 9.59 Å². The fourth-order valence-corrected chi connectivity index (χ4v) is 1.10. The van der Waals surface area contributed by atoms with E-state index < -0.39 is 42.8 Å². The summed E-state index contributed by atoms with van der Waals surface area (Å²) < 4.78 is 0. The molecule has 4 atom stereocenters. The van der Waals surface area contributed by atoms with Crippen LogP contribution in [-0.4, -0.2) is 68.4 Å². The fraction of sp³-hybridized carbons (Fsp3) is 0.778. The number of nitrogens with one attached hydrogen (secondary N) is 1. The third-order valence-corrected chi connectivity index (χ3v) is 2.18. The van der Waals surface area contributed by atoms with Gasteiger partial charge in [-0.25, -0.2) is 4.79 Å². The molecule has 0 saturated carbocycles. The summed E-state index contributed by atoms with van der Waals surface area (Å²) in [5.41, 5.74) is 0. The molecule has 0 aliphatic heterocycles. The van der Waals surface area contributed by atoms with Crippen molar-refractivity contribution in [2.45, 2.75) is 37.7 Å². The third-order valence-electron chi connectivity index (χ3n) is 2.18. The molecule has 0 saturated heterocycles. The van der Waals surface area contributed by atoms with Gasteiger partial charge in [0, 0.05) is 6.42 Å². The first-order chi connectivity index (χ1) is 7.84. The molecule has 6 N–H and O–H groups in total. The van der Waals surface area contributed by atoms with Crippen molar-refractivity contribution in [2.75, 3.05) is 6.61 Å². The van der Waals surface area contributed by atoms with Gasteiger partial charge in [-0.3, -0.25) is 4.79 Å². The molecule has 0 unspecified atom stereocenters. The monoisotopic (exact) mass is 251 g/mol. The van der Waals surface area contributed by atoms with Gasteiger partial charge in [0.25, 0.3) is 0 Å². The average molecular weight is 251 g/mol. The molecule has 0 spiro atoms. The molecule has 0 aromatic carbocycles. The fourth-order valence-electron chi connectivity index (χ4n) is 1.10. The van der Waals surface area contributed by atoms with Crippen LogP contribution in [0.3, 0.4) is 0 Å². The third kappa shape index (κ3) is 4.65. The molecule has 0 aliphatic carbocycles. The van der Waals surface area contributed by atoms with Gasteiger partial charge in [-0.1, -0.05) is 6.92 Å². The number of hydrogen-bond acceptors (Lipinski definition) is 6. The largest absolute Gasteiger partial charge is 0.480 e. The van der Waals surface area contributed by atoms with Crippen LogP contribution in [0.5, 0.6) is 0 Å². The summed E-state index contributed by atoms with van der Waals surface area (Å²) >= 11 is 0. The van der Waals surface area contributed by atoms with Crippen molar-refractivity contribution in [3.8, 4) is 0 Å². The molecule has 0 radical (unpaired) electrons. The highest BCUT2D eigenvalue weighted by Gasteiger charge is 2.36. The molecule has 0 aliphatic rings. The Labute approximate surface area is 97.5 Å². The Hall–Kier alpha value is -1.22. The van der Waals surface area contributed by atoms with Crippen LogP contribution in [0.2, 0.25) is 0 Å². The molecule has 17 heavy (non-hydrogen) atoms. The highest BCUT2D eigenvalue weighted by Crippen LogP contribution is 2.06. The van der Waals surface area contributed by atoms with E-state index in [1.807, 2.05) is 5.32 Å². The summed E-state index contributed by atoms with van der Waals surface area (Å²) in [7, 11) is 0. The lowest BCUT2D eigenvalue weighted by molar-refractivity contribution is -0.151. The van der Waals surface area contributed by atoms with E-state index in [4.69, 9.17) is 15.3 Å². The summed E-state index contributed by atoms with van der Waals surface area (Å²) in [6.45, 7) is 0.645. The second-order valence-electron chi connectivity index (χ2n) is 3.47. The number of carboxylic acids is 1. The first kappa shape index (κ1) is 15.8. The van der Waals surface area contributed by atoms with Crippen LogP contribution in [0.15, 0.2) is 0 Å². The zero-order valence-corrected chi connectivity index (χ0v) is 9.28. The average Bonchev–Trinajstić information content (AvgIpc) is 2.32. The summed E-state index contributed by atoms with van der Waals surface area (Å²) in [6.07, 6.45) is -5.48. The Morgan fingerprint density at radius 1 is 1.18 bits per heavy atom.